The molecule has 1 saturated heterocycles. The standard InChI is InChI=1S/C17H21N3O2/c1-17(7-3-9-22-17)11-16(21)18-12-13-4-2-5-14(10-13)15-6-8-19-20-15/h2,4-6,8,10H,3,7,9,11-12H2,1H3,(H,18,21)(H,19,20). The van der Waals surface area contributed by atoms with Gasteiger partial charge in [0.1, 0.15) is 0 Å². The van der Waals surface area contributed by atoms with Crippen LogP contribution in [-0.4, -0.2) is 28.3 Å². The number of ether oxygens (including phenoxy) is 1. The quantitative estimate of drug-likeness (QED) is 0.892. The van der Waals surface area contributed by atoms with Gasteiger partial charge in [-0.2, -0.15) is 5.10 Å². The molecule has 1 aromatic heterocycles. The van der Waals surface area contributed by atoms with E-state index in [9.17, 15) is 4.79 Å². The van der Waals surface area contributed by atoms with E-state index in [1.54, 1.807) is 6.20 Å². The number of amides is 1. The SMILES string of the molecule is CC1(CC(=O)NCc2cccc(-c3ccn[nH]3)c2)CCCO1. The Kier molecular flexibility index (Phi) is 4.24. The molecule has 0 spiro atoms. The fraction of sp³-hybridized carbons (Fsp3) is 0.412. The van der Waals surface area contributed by atoms with Gasteiger partial charge in [-0.05, 0) is 43.0 Å². The van der Waals surface area contributed by atoms with Crippen LogP contribution in [0.1, 0.15) is 31.7 Å². The normalized spacial score (nSPS) is 21.0. The van der Waals surface area contributed by atoms with Gasteiger partial charge in [-0.1, -0.05) is 18.2 Å². The number of nitrogens with one attached hydrogen (secondary N) is 2. The molecule has 1 unspecified atom stereocenters. The average Bonchev–Trinajstić information content (AvgIpc) is 3.17. The van der Waals surface area contributed by atoms with E-state index in [0.717, 1.165) is 36.3 Å². The Balaban J connectivity index is 1.57. The first-order chi connectivity index (χ1) is 10.6. The van der Waals surface area contributed by atoms with E-state index in [0.29, 0.717) is 13.0 Å². The minimum atomic E-state index is -0.290. The molecule has 2 heterocycles. The number of H-pyrrole nitrogens is 1. The number of carbonyl (C=O) groups excluding carboxylic acids is 1. The Morgan fingerprint density at radius 1 is 1.45 bits per heavy atom. The number of hydrogen-bond donors (Lipinski definition) is 2. The summed E-state index contributed by atoms with van der Waals surface area (Å²) in [4.78, 5) is 12.1. The van der Waals surface area contributed by atoms with Gasteiger partial charge >= 0.3 is 0 Å². The van der Waals surface area contributed by atoms with Crippen LogP contribution >= 0.6 is 0 Å². The summed E-state index contributed by atoms with van der Waals surface area (Å²) < 4.78 is 5.66. The Bertz CT molecular complexity index is 631. The molecule has 0 saturated carbocycles. The first-order valence-corrected chi connectivity index (χ1v) is 7.64. The van der Waals surface area contributed by atoms with Crippen LogP contribution in [0.25, 0.3) is 11.3 Å². The largest absolute Gasteiger partial charge is 0.375 e. The molecule has 5 heteroatoms. The van der Waals surface area contributed by atoms with Gasteiger partial charge in [-0.15, -0.1) is 0 Å². The van der Waals surface area contributed by atoms with Crippen molar-refractivity contribution < 1.29 is 9.53 Å². The molecule has 2 aromatic rings. The van der Waals surface area contributed by atoms with E-state index in [-0.39, 0.29) is 11.5 Å². The first kappa shape index (κ1) is 14.8. The molecule has 1 fully saturated rings. The van der Waals surface area contributed by atoms with E-state index >= 15 is 0 Å². The van der Waals surface area contributed by atoms with Gasteiger partial charge in [0, 0.05) is 19.3 Å². The second-order valence-electron chi connectivity index (χ2n) is 6.03. The highest BCUT2D eigenvalue weighted by Gasteiger charge is 2.32. The summed E-state index contributed by atoms with van der Waals surface area (Å²) in [6.45, 7) is 3.30. The molecule has 1 aromatic carbocycles. The van der Waals surface area contributed by atoms with Crippen LogP contribution in [0.3, 0.4) is 0 Å². The Morgan fingerprint density at radius 3 is 3.09 bits per heavy atom. The summed E-state index contributed by atoms with van der Waals surface area (Å²) in [5.41, 5.74) is 2.82. The van der Waals surface area contributed by atoms with E-state index in [2.05, 4.69) is 21.6 Å². The molecule has 1 atom stereocenters. The van der Waals surface area contributed by atoms with Crippen LogP contribution in [0.5, 0.6) is 0 Å². The highest BCUT2D eigenvalue weighted by Crippen LogP contribution is 2.28. The van der Waals surface area contributed by atoms with Gasteiger partial charge in [0.25, 0.3) is 0 Å². The third kappa shape index (κ3) is 3.54. The number of aromatic amines is 1. The van der Waals surface area contributed by atoms with E-state index in [1.807, 2.05) is 31.2 Å². The third-order valence-electron chi connectivity index (χ3n) is 4.06. The fourth-order valence-corrected chi connectivity index (χ4v) is 2.84. The minimum absolute atomic E-state index is 0.0383. The topological polar surface area (TPSA) is 67.0 Å². The first-order valence-electron chi connectivity index (χ1n) is 7.64. The molecule has 5 nitrogen and oxygen atoms in total. The lowest BCUT2D eigenvalue weighted by Gasteiger charge is -2.22. The zero-order chi connectivity index (χ0) is 15.4. The highest BCUT2D eigenvalue weighted by molar-refractivity contribution is 5.77. The molecular formula is C17H21N3O2. The zero-order valence-electron chi connectivity index (χ0n) is 12.8. The van der Waals surface area contributed by atoms with Crippen LogP contribution in [0.15, 0.2) is 36.5 Å². The number of rotatable bonds is 5. The van der Waals surface area contributed by atoms with Gasteiger partial charge in [0.05, 0.1) is 17.7 Å². The van der Waals surface area contributed by atoms with Crippen LogP contribution in [0.4, 0.5) is 0 Å². The molecule has 0 bridgehead atoms. The molecular weight excluding hydrogens is 278 g/mol. The molecule has 116 valence electrons. The minimum Gasteiger partial charge on any atom is -0.375 e. The predicted octanol–water partition coefficient (Wildman–Crippen LogP) is 2.65. The third-order valence-corrected chi connectivity index (χ3v) is 4.06. The fourth-order valence-electron chi connectivity index (χ4n) is 2.84. The molecule has 3 rings (SSSR count). The summed E-state index contributed by atoms with van der Waals surface area (Å²) in [5.74, 6) is 0.0383. The number of carbonyl (C=O) groups is 1. The number of hydrogen-bond acceptors (Lipinski definition) is 3. The summed E-state index contributed by atoms with van der Waals surface area (Å²) >= 11 is 0. The number of benzene rings is 1. The second kappa shape index (κ2) is 6.32. The number of nitrogens with zero attached hydrogens (tertiary/aromatic N) is 1. The second-order valence-corrected chi connectivity index (χ2v) is 6.03. The number of aromatic nitrogens is 2. The maximum atomic E-state index is 12.1. The van der Waals surface area contributed by atoms with Crippen molar-refractivity contribution in [3.63, 3.8) is 0 Å². The molecule has 1 amide bonds. The van der Waals surface area contributed by atoms with Gasteiger partial charge in [0.2, 0.25) is 5.91 Å². The molecule has 0 radical (unpaired) electrons. The van der Waals surface area contributed by atoms with Crippen LogP contribution in [0.2, 0.25) is 0 Å². The Labute approximate surface area is 130 Å². The van der Waals surface area contributed by atoms with E-state index < -0.39 is 0 Å². The van der Waals surface area contributed by atoms with Crippen molar-refractivity contribution in [2.24, 2.45) is 0 Å². The van der Waals surface area contributed by atoms with Gasteiger partial charge in [0.15, 0.2) is 0 Å². The van der Waals surface area contributed by atoms with Crippen LogP contribution < -0.4 is 5.32 Å². The van der Waals surface area contributed by atoms with Crippen molar-refractivity contribution in [2.45, 2.75) is 38.3 Å². The maximum Gasteiger partial charge on any atom is 0.223 e. The van der Waals surface area contributed by atoms with Crippen molar-refractivity contribution in [3.05, 3.63) is 42.1 Å². The van der Waals surface area contributed by atoms with Crippen molar-refractivity contribution in [1.29, 1.82) is 0 Å². The monoisotopic (exact) mass is 299 g/mol. The molecule has 1 aliphatic rings. The summed E-state index contributed by atoms with van der Waals surface area (Å²) in [6.07, 6.45) is 4.14. The molecule has 0 aliphatic carbocycles. The Hall–Kier alpha value is -2.14. The van der Waals surface area contributed by atoms with Gasteiger partial charge < -0.3 is 10.1 Å². The summed E-state index contributed by atoms with van der Waals surface area (Å²) in [5, 5.41) is 9.88. The van der Waals surface area contributed by atoms with E-state index in [1.165, 1.54) is 0 Å². The maximum absolute atomic E-state index is 12.1. The Morgan fingerprint density at radius 2 is 2.36 bits per heavy atom. The lowest BCUT2D eigenvalue weighted by molar-refractivity contribution is -0.126. The highest BCUT2D eigenvalue weighted by atomic mass is 16.5. The van der Waals surface area contributed by atoms with Gasteiger partial charge in [-0.25, -0.2) is 0 Å². The molecule has 2 N–H and O–H groups in total. The lowest BCUT2D eigenvalue weighted by atomic mass is 9.98. The average molecular weight is 299 g/mol. The smallest absolute Gasteiger partial charge is 0.223 e. The predicted molar refractivity (Wildman–Crippen MR) is 84.1 cm³/mol. The lowest BCUT2D eigenvalue weighted by Crippen LogP contribution is -2.33. The van der Waals surface area contributed by atoms with E-state index in [4.69, 9.17) is 4.74 Å². The van der Waals surface area contributed by atoms with Crippen LogP contribution in [0, 0.1) is 0 Å². The van der Waals surface area contributed by atoms with Crippen molar-refractivity contribution in [2.75, 3.05) is 6.61 Å². The molecule has 22 heavy (non-hydrogen) atoms. The van der Waals surface area contributed by atoms with Crippen molar-refractivity contribution >= 4 is 5.91 Å². The van der Waals surface area contributed by atoms with Crippen molar-refractivity contribution in [3.8, 4) is 11.3 Å². The summed E-state index contributed by atoms with van der Waals surface area (Å²) in [6, 6.07) is 10.00. The summed E-state index contributed by atoms with van der Waals surface area (Å²) in [7, 11) is 0. The molecule has 1 aliphatic heterocycles. The van der Waals surface area contributed by atoms with Crippen molar-refractivity contribution in [1.82, 2.24) is 15.5 Å². The van der Waals surface area contributed by atoms with Gasteiger partial charge in [-0.3, -0.25) is 9.89 Å². The van der Waals surface area contributed by atoms with Crippen LogP contribution in [-0.2, 0) is 16.1 Å². The zero-order valence-corrected chi connectivity index (χ0v) is 12.8.